The molecule has 0 unspecified atom stereocenters. The molecular formula is C18H27NO3. The van der Waals surface area contributed by atoms with Crippen LogP contribution in [0.5, 0.6) is 5.75 Å². The van der Waals surface area contributed by atoms with E-state index in [0.29, 0.717) is 23.6 Å². The number of hydrogen-bond acceptors (Lipinski definition) is 4. The second kappa shape index (κ2) is 8.66. The van der Waals surface area contributed by atoms with E-state index in [1.54, 1.807) is 18.2 Å². The molecule has 0 atom stereocenters. The number of carbonyl (C=O) groups is 1. The molecule has 1 aliphatic rings. The molecule has 1 aliphatic carbocycles. The van der Waals surface area contributed by atoms with Crippen molar-refractivity contribution in [3.05, 3.63) is 23.8 Å². The number of nitrogen functional groups attached to an aromatic ring is 1. The minimum Gasteiger partial charge on any atom is -0.491 e. The third-order valence-electron chi connectivity index (χ3n) is 4.08. The molecule has 1 fully saturated rings. The maximum atomic E-state index is 12.2. The van der Waals surface area contributed by atoms with E-state index in [-0.39, 0.29) is 12.1 Å². The molecule has 0 radical (unpaired) electrons. The minimum atomic E-state index is -0.281. The standard InChI is InChI=1S/C18H27NO3/c1-2-3-7-12-21-17-11-10-14(13-16(17)19)18(20)22-15-8-5-4-6-9-15/h10-11,13,15H,2-9,12,19H2,1H3. The van der Waals surface area contributed by atoms with Crippen LogP contribution >= 0.6 is 0 Å². The van der Waals surface area contributed by atoms with Gasteiger partial charge in [0.2, 0.25) is 0 Å². The molecule has 2 rings (SSSR count). The highest BCUT2D eigenvalue weighted by Crippen LogP contribution is 2.25. The Morgan fingerprint density at radius 3 is 2.68 bits per heavy atom. The van der Waals surface area contributed by atoms with E-state index in [9.17, 15) is 4.79 Å². The number of hydrogen-bond donors (Lipinski definition) is 1. The number of esters is 1. The molecule has 1 aromatic carbocycles. The Bertz CT molecular complexity index is 481. The largest absolute Gasteiger partial charge is 0.491 e. The van der Waals surface area contributed by atoms with Gasteiger partial charge in [0, 0.05) is 0 Å². The van der Waals surface area contributed by atoms with Crippen molar-refractivity contribution in [2.75, 3.05) is 12.3 Å². The smallest absolute Gasteiger partial charge is 0.338 e. The predicted molar refractivity (Wildman–Crippen MR) is 88.2 cm³/mol. The Hall–Kier alpha value is -1.71. The molecule has 4 heteroatoms. The lowest BCUT2D eigenvalue weighted by atomic mass is 9.98. The summed E-state index contributed by atoms with van der Waals surface area (Å²) < 4.78 is 11.2. The normalized spacial score (nSPS) is 15.5. The summed E-state index contributed by atoms with van der Waals surface area (Å²) in [6, 6.07) is 5.15. The van der Waals surface area contributed by atoms with Crippen LogP contribution in [-0.2, 0) is 4.74 Å². The molecule has 0 heterocycles. The lowest BCUT2D eigenvalue weighted by Crippen LogP contribution is -2.21. The summed E-state index contributed by atoms with van der Waals surface area (Å²) in [5, 5.41) is 0. The van der Waals surface area contributed by atoms with Gasteiger partial charge in [0.15, 0.2) is 0 Å². The van der Waals surface area contributed by atoms with Crippen LogP contribution < -0.4 is 10.5 Å². The van der Waals surface area contributed by atoms with Gasteiger partial charge in [-0.1, -0.05) is 26.2 Å². The zero-order valence-electron chi connectivity index (χ0n) is 13.5. The average Bonchev–Trinajstić information content (AvgIpc) is 2.53. The van der Waals surface area contributed by atoms with Gasteiger partial charge in [0.1, 0.15) is 11.9 Å². The van der Waals surface area contributed by atoms with Crippen LogP contribution in [0.4, 0.5) is 5.69 Å². The van der Waals surface area contributed by atoms with E-state index in [1.165, 1.54) is 6.42 Å². The van der Waals surface area contributed by atoms with Crippen LogP contribution in [0.15, 0.2) is 18.2 Å². The van der Waals surface area contributed by atoms with E-state index >= 15 is 0 Å². The van der Waals surface area contributed by atoms with E-state index in [0.717, 1.165) is 44.9 Å². The van der Waals surface area contributed by atoms with Crippen molar-refractivity contribution in [1.29, 1.82) is 0 Å². The number of benzene rings is 1. The summed E-state index contributed by atoms with van der Waals surface area (Å²) in [7, 11) is 0. The number of unbranched alkanes of at least 4 members (excludes halogenated alkanes) is 2. The first-order valence-electron chi connectivity index (χ1n) is 8.44. The lowest BCUT2D eigenvalue weighted by Gasteiger charge is -2.22. The number of rotatable bonds is 7. The van der Waals surface area contributed by atoms with Crippen molar-refractivity contribution >= 4 is 11.7 Å². The van der Waals surface area contributed by atoms with Gasteiger partial charge in [0.05, 0.1) is 17.9 Å². The Morgan fingerprint density at radius 2 is 2.00 bits per heavy atom. The highest BCUT2D eigenvalue weighted by atomic mass is 16.5. The Labute approximate surface area is 133 Å². The minimum absolute atomic E-state index is 0.0624. The van der Waals surface area contributed by atoms with Crippen LogP contribution in [0.2, 0.25) is 0 Å². The predicted octanol–water partition coefficient (Wildman–Crippen LogP) is 4.33. The fourth-order valence-electron chi connectivity index (χ4n) is 2.74. The molecule has 122 valence electrons. The number of anilines is 1. The van der Waals surface area contributed by atoms with Crippen molar-refractivity contribution in [2.24, 2.45) is 0 Å². The Morgan fingerprint density at radius 1 is 1.23 bits per heavy atom. The van der Waals surface area contributed by atoms with Gasteiger partial charge in [-0.15, -0.1) is 0 Å². The topological polar surface area (TPSA) is 61.5 Å². The molecule has 0 aromatic heterocycles. The fourth-order valence-corrected chi connectivity index (χ4v) is 2.74. The Balaban J connectivity index is 1.88. The summed E-state index contributed by atoms with van der Waals surface area (Å²) in [4.78, 5) is 12.2. The van der Waals surface area contributed by atoms with Gasteiger partial charge >= 0.3 is 5.97 Å². The van der Waals surface area contributed by atoms with Gasteiger partial charge in [-0.3, -0.25) is 0 Å². The molecule has 1 saturated carbocycles. The molecule has 1 aromatic rings. The molecule has 0 saturated heterocycles. The second-order valence-corrected chi connectivity index (χ2v) is 5.97. The SMILES string of the molecule is CCCCCOc1ccc(C(=O)OC2CCCCC2)cc1N. The van der Waals surface area contributed by atoms with E-state index < -0.39 is 0 Å². The van der Waals surface area contributed by atoms with Gasteiger partial charge in [-0.25, -0.2) is 4.79 Å². The van der Waals surface area contributed by atoms with Crippen LogP contribution in [0, 0.1) is 0 Å². The van der Waals surface area contributed by atoms with Crippen molar-refractivity contribution in [2.45, 2.75) is 64.4 Å². The van der Waals surface area contributed by atoms with Crippen molar-refractivity contribution in [3.63, 3.8) is 0 Å². The average molecular weight is 305 g/mol. The maximum Gasteiger partial charge on any atom is 0.338 e. The summed E-state index contributed by atoms with van der Waals surface area (Å²) in [5.41, 5.74) is 6.97. The van der Waals surface area contributed by atoms with Crippen LogP contribution in [0.3, 0.4) is 0 Å². The van der Waals surface area contributed by atoms with Crippen molar-refractivity contribution in [1.82, 2.24) is 0 Å². The van der Waals surface area contributed by atoms with Crippen LogP contribution in [0.25, 0.3) is 0 Å². The summed E-state index contributed by atoms with van der Waals surface area (Å²) >= 11 is 0. The van der Waals surface area contributed by atoms with Crippen LogP contribution in [0.1, 0.15) is 68.6 Å². The molecule has 0 aliphatic heterocycles. The second-order valence-electron chi connectivity index (χ2n) is 5.97. The lowest BCUT2D eigenvalue weighted by molar-refractivity contribution is 0.0211. The fraction of sp³-hybridized carbons (Fsp3) is 0.611. The van der Waals surface area contributed by atoms with E-state index in [2.05, 4.69) is 6.92 Å². The monoisotopic (exact) mass is 305 g/mol. The highest BCUT2D eigenvalue weighted by molar-refractivity contribution is 5.91. The zero-order valence-corrected chi connectivity index (χ0v) is 13.5. The molecule has 4 nitrogen and oxygen atoms in total. The molecule has 22 heavy (non-hydrogen) atoms. The number of carbonyl (C=O) groups excluding carboxylic acids is 1. The molecule has 0 amide bonds. The summed E-state index contributed by atoms with van der Waals surface area (Å²) in [6.45, 7) is 2.81. The molecular weight excluding hydrogens is 278 g/mol. The molecule has 0 spiro atoms. The van der Waals surface area contributed by atoms with Gasteiger partial charge in [0.25, 0.3) is 0 Å². The third-order valence-corrected chi connectivity index (χ3v) is 4.08. The van der Waals surface area contributed by atoms with E-state index in [1.807, 2.05) is 0 Å². The Kier molecular flexibility index (Phi) is 6.56. The van der Waals surface area contributed by atoms with Crippen molar-refractivity contribution in [3.8, 4) is 5.75 Å². The van der Waals surface area contributed by atoms with E-state index in [4.69, 9.17) is 15.2 Å². The van der Waals surface area contributed by atoms with Gasteiger partial charge in [-0.05, 0) is 50.3 Å². The third kappa shape index (κ3) is 4.93. The quantitative estimate of drug-likeness (QED) is 0.463. The summed E-state index contributed by atoms with van der Waals surface area (Å²) in [5.74, 6) is 0.362. The molecule has 0 bridgehead atoms. The first kappa shape index (κ1) is 16.7. The van der Waals surface area contributed by atoms with Crippen molar-refractivity contribution < 1.29 is 14.3 Å². The number of ether oxygens (including phenoxy) is 2. The first-order valence-corrected chi connectivity index (χ1v) is 8.44. The maximum absolute atomic E-state index is 12.2. The zero-order chi connectivity index (χ0) is 15.8. The van der Waals surface area contributed by atoms with Gasteiger partial charge in [-0.2, -0.15) is 0 Å². The number of nitrogens with two attached hydrogens (primary N) is 1. The first-order chi connectivity index (χ1) is 10.7. The highest BCUT2D eigenvalue weighted by Gasteiger charge is 2.19. The molecule has 2 N–H and O–H groups in total. The van der Waals surface area contributed by atoms with Crippen LogP contribution in [-0.4, -0.2) is 18.7 Å². The summed E-state index contributed by atoms with van der Waals surface area (Å²) in [6.07, 6.45) is 8.85. The van der Waals surface area contributed by atoms with Gasteiger partial charge < -0.3 is 15.2 Å².